The molecule has 26 heavy (non-hydrogen) atoms. The zero-order valence-corrected chi connectivity index (χ0v) is 13.6. The van der Waals surface area contributed by atoms with Crippen LogP contribution in [0.3, 0.4) is 0 Å². The summed E-state index contributed by atoms with van der Waals surface area (Å²) in [7, 11) is 0. The topological polar surface area (TPSA) is 79.0 Å². The number of hydrogen-bond acceptors (Lipinski definition) is 5. The quantitative estimate of drug-likeness (QED) is 0.568. The Morgan fingerprint density at radius 1 is 0.692 bits per heavy atom. The van der Waals surface area contributed by atoms with Gasteiger partial charge in [0.15, 0.2) is 0 Å². The Morgan fingerprint density at radius 3 is 2.00 bits per heavy atom. The third-order valence-corrected chi connectivity index (χ3v) is 4.04. The molecular formula is C21H13N2O3-. The maximum Gasteiger partial charge on any atom is 0.248 e. The first-order chi connectivity index (χ1) is 12.7. The third-order valence-electron chi connectivity index (χ3n) is 4.04. The van der Waals surface area contributed by atoms with Crippen LogP contribution in [0.4, 0.5) is 0 Å². The van der Waals surface area contributed by atoms with Crippen LogP contribution >= 0.6 is 0 Å². The van der Waals surface area contributed by atoms with Crippen molar-refractivity contribution in [3.05, 3.63) is 84.4 Å². The number of benzene rings is 3. The van der Waals surface area contributed by atoms with Crippen molar-refractivity contribution < 1.29 is 14.3 Å². The molecule has 0 aliphatic heterocycles. The number of carbonyl (C=O) groups excluding carboxylic acids is 1. The minimum atomic E-state index is -1.23. The molecule has 0 radical (unpaired) electrons. The third kappa shape index (κ3) is 2.86. The summed E-state index contributed by atoms with van der Waals surface area (Å²) in [5, 5.41) is 19.7. The van der Waals surface area contributed by atoms with Gasteiger partial charge >= 0.3 is 0 Å². The van der Waals surface area contributed by atoms with E-state index in [1.807, 2.05) is 54.6 Å². The lowest BCUT2D eigenvalue weighted by atomic mass is 9.95. The minimum absolute atomic E-state index is 0.114. The summed E-state index contributed by atoms with van der Waals surface area (Å²) < 4.78 is 5.83. The van der Waals surface area contributed by atoms with Crippen LogP contribution in [-0.4, -0.2) is 16.2 Å². The average Bonchev–Trinajstić information content (AvgIpc) is 3.19. The van der Waals surface area contributed by atoms with Gasteiger partial charge in [0.2, 0.25) is 11.8 Å². The second-order valence-corrected chi connectivity index (χ2v) is 5.66. The Balaban J connectivity index is 1.84. The smallest absolute Gasteiger partial charge is 0.248 e. The Labute approximate surface area is 149 Å². The van der Waals surface area contributed by atoms with Gasteiger partial charge in [-0.15, -0.1) is 10.2 Å². The van der Waals surface area contributed by atoms with Gasteiger partial charge in [0.1, 0.15) is 0 Å². The molecule has 0 unspecified atom stereocenters. The van der Waals surface area contributed by atoms with Crippen molar-refractivity contribution in [2.24, 2.45) is 0 Å². The predicted octanol–water partition coefficient (Wildman–Crippen LogP) is 3.43. The molecule has 0 saturated heterocycles. The zero-order valence-electron chi connectivity index (χ0n) is 13.6. The number of aromatic carboxylic acids is 1. The summed E-state index contributed by atoms with van der Waals surface area (Å²) in [5.74, 6) is -0.498. The molecule has 0 aliphatic rings. The molecule has 3 aromatic carbocycles. The second kappa shape index (κ2) is 6.64. The van der Waals surface area contributed by atoms with Crippen molar-refractivity contribution in [3.63, 3.8) is 0 Å². The van der Waals surface area contributed by atoms with Gasteiger partial charge < -0.3 is 14.3 Å². The first kappa shape index (κ1) is 15.8. The van der Waals surface area contributed by atoms with E-state index in [-0.39, 0.29) is 5.56 Å². The first-order valence-electron chi connectivity index (χ1n) is 8.03. The van der Waals surface area contributed by atoms with Crippen LogP contribution in [0.2, 0.25) is 0 Å². The average molecular weight is 341 g/mol. The molecule has 0 fully saturated rings. The van der Waals surface area contributed by atoms with Gasteiger partial charge in [-0.2, -0.15) is 0 Å². The minimum Gasteiger partial charge on any atom is -0.545 e. The van der Waals surface area contributed by atoms with Gasteiger partial charge in [-0.05, 0) is 29.3 Å². The van der Waals surface area contributed by atoms with Gasteiger partial charge in [0.05, 0.1) is 5.97 Å². The molecule has 126 valence electrons. The van der Waals surface area contributed by atoms with E-state index >= 15 is 0 Å². The van der Waals surface area contributed by atoms with E-state index in [0.717, 1.165) is 5.56 Å². The van der Waals surface area contributed by atoms with Crippen LogP contribution in [0.15, 0.2) is 83.3 Å². The van der Waals surface area contributed by atoms with E-state index < -0.39 is 5.97 Å². The second-order valence-electron chi connectivity index (χ2n) is 5.66. The molecule has 0 saturated carbocycles. The van der Waals surface area contributed by atoms with Crippen molar-refractivity contribution in [1.82, 2.24) is 10.2 Å². The predicted molar refractivity (Wildman–Crippen MR) is 94.9 cm³/mol. The molecule has 4 rings (SSSR count). The van der Waals surface area contributed by atoms with Crippen molar-refractivity contribution in [1.29, 1.82) is 0 Å². The number of aromatic nitrogens is 2. The lowest BCUT2D eigenvalue weighted by Gasteiger charge is -2.12. The van der Waals surface area contributed by atoms with Crippen LogP contribution in [-0.2, 0) is 0 Å². The molecule has 0 aliphatic carbocycles. The summed E-state index contributed by atoms with van der Waals surface area (Å²) in [6.07, 6.45) is 0. The fourth-order valence-corrected chi connectivity index (χ4v) is 2.83. The maximum atomic E-state index is 11.5. The number of rotatable bonds is 4. The fourth-order valence-electron chi connectivity index (χ4n) is 2.83. The number of nitrogens with zero attached hydrogens (tertiary/aromatic N) is 2. The molecule has 0 amide bonds. The van der Waals surface area contributed by atoms with E-state index in [1.165, 1.54) is 6.07 Å². The van der Waals surface area contributed by atoms with Crippen LogP contribution in [0.5, 0.6) is 0 Å². The summed E-state index contributed by atoms with van der Waals surface area (Å²) >= 11 is 0. The van der Waals surface area contributed by atoms with Crippen molar-refractivity contribution in [3.8, 4) is 34.0 Å². The Morgan fingerprint density at radius 2 is 1.27 bits per heavy atom. The normalized spacial score (nSPS) is 10.6. The number of carbonyl (C=O) groups is 1. The van der Waals surface area contributed by atoms with Crippen molar-refractivity contribution >= 4 is 5.97 Å². The maximum absolute atomic E-state index is 11.5. The van der Waals surface area contributed by atoms with Gasteiger partial charge in [0.25, 0.3) is 0 Å². The summed E-state index contributed by atoms with van der Waals surface area (Å²) in [6, 6.07) is 23.5. The molecule has 1 aromatic heterocycles. The number of hydrogen-bond donors (Lipinski definition) is 0. The van der Waals surface area contributed by atoms with E-state index in [2.05, 4.69) is 10.2 Å². The molecule has 0 atom stereocenters. The molecule has 0 N–H and O–H groups in total. The highest BCUT2D eigenvalue weighted by Gasteiger charge is 2.16. The molecule has 1 heterocycles. The van der Waals surface area contributed by atoms with Crippen molar-refractivity contribution in [2.75, 3.05) is 0 Å². The standard InChI is InChI=1S/C21H14N2O3/c24-21(25)18-13-7-5-11-16(18)15-10-4-6-12-17(15)20-23-22-19(26-20)14-8-2-1-3-9-14/h1-13H,(H,24,25)/p-1. The largest absolute Gasteiger partial charge is 0.545 e. The van der Waals surface area contributed by atoms with Gasteiger partial charge in [-0.3, -0.25) is 0 Å². The van der Waals surface area contributed by atoms with E-state index in [4.69, 9.17) is 4.42 Å². The van der Waals surface area contributed by atoms with Crippen LogP contribution in [0.25, 0.3) is 34.0 Å². The summed E-state index contributed by atoms with van der Waals surface area (Å²) in [6.45, 7) is 0. The lowest BCUT2D eigenvalue weighted by Crippen LogP contribution is -2.23. The van der Waals surface area contributed by atoms with Crippen LogP contribution in [0, 0.1) is 0 Å². The van der Waals surface area contributed by atoms with Crippen molar-refractivity contribution in [2.45, 2.75) is 0 Å². The van der Waals surface area contributed by atoms with Gasteiger partial charge in [-0.25, -0.2) is 0 Å². The van der Waals surface area contributed by atoms with Gasteiger partial charge in [0, 0.05) is 16.7 Å². The van der Waals surface area contributed by atoms with E-state index in [1.54, 1.807) is 18.2 Å². The number of carboxylic acids is 1. The molecule has 0 spiro atoms. The number of carboxylic acid groups (broad SMARTS) is 1. The summed E-state index contributed by atoms with van der Waals surface area (Å²) in [5.41, 5.74) is 2.83. The highest BCUT2D eigenvalue weighted by Crippen LogP contribution is 2.34. The molecular weight excluding hydrogens is 328 g/mol. The monoisotopic (exact) mass is 341 g/mol. The molecule has 0 bridgehead atoms. The van der Waals surface area contributed by atoms with Crippen LogP contribution in [0.1, 0.15) is 10.4 Å². The Hall–Kier alpha value is -3.73. The SMILES string of the molecule is O=C([O-])c1ccccc1-c1ccccc1-c1nnc(-c2ccccc2)o1. The highest BCUT2D eigenvalue weighted by molar-refractivity contribution is 5.97. The summed E-state index contributed by atoms with van der Waals surface area (Å²) in [4.78, 5) is 11.5. The molecule has 5 heteroatoms. The molecule has 5 nitrogen and oxygen atoms in total. The molecule has 4 aromatic rings. The lowest BCUT2D eigenvalue weighted by molar-refractivity contribution is -0.254. The Bertz CT molecular complexity index is 1070. The van der Waals surface area contributed by atoms with E-state index in [0.29, 0.717) is 28.5 Å². The zero-order chi connectivity index (χ0) is 17.9. The Kier molecular flexibility index (Phi) is 4.03. The first-order valence-corrected chi connectivity index (χ1v) is 8.03. The van der Waals surface area contributed by atoms with E-state index in [9.17, 15) is 9.90 Å². The highest BCUT2D eigenvalue weighted by atomic mass is 16.4. The fraction of sp³-hybridized carbons (Fsp3) is 0. The van der Waals surface area contributed by atoms with Crippen LogP contribution < -0.4 is 5.11 Å². The van der Waals surface area contributed by atoms with Gasteiger partial charge in [-0.1, -0.05) is 60.7 Å².